The Morgan fingerprint density at radius 3 is 2.03 bits per heavy atom. The number of ether oxygens (including phenoxy) is 1. The molecule has 33 heavy (non-hydrogen) atoms. The fraction of sp³-hybridized carbons (Fsp3) is 0.300. The highest BCUT2D eigenvalue weighted by atomic mass is 32.2. The SMILES string of the molecule is COC(=O)c1ccccc1S(=O)(=O)N(C(C)=O)C(=Nc1nc(C)cc(C)n1)N(OC)C(C)=O. The lowest BCUT2D eigenvalue weighted by Crippen LogP contribution is -2.50. The number of methoxy groups -OCH3 is 1. The van der Waals surface area contributed by atoms with Crippen LogP contribution in [-0.4, -0.2) is 65.7 Å². The van der Waals surface area contributed by atoms with E-state index in [2.05, 4.69) is 19.7 Å². The molecule has 0 atom stereocenters. The van der Waals surface area contributed by atoms with Crippen molar-refractivity contribution in [1.29, 1.82) is 0 Å². The first-order valence-electron chi connectivity index (χ1n) is 9.43. The van der Waals surface area contributed by atoms with Crippen LogP contribution in [0, 0.1) is 13.8 Å². The fourth-order valence-corrected chi connectivity index (χ4v) is 4.40. The van der Waals surface area contributed by atoms with E-state index in [1.165, 1.54) is 18.2 Å². The van der Waals surface area contributed by atoms with Crippen LogP contribution in [0.5, 0.6) is 0 Å². The van der Waals surface area contributed by atoms with Gasteiger partial charge in [0.15, 0.2) is 0 Å². The molecule has 0 fully saturated rings. The molecule has 1 heterocycles. The number of hydroxylamine groups is 2. The normalized spacial score (nSPS) is 11.6. The number of sulfonamides is 1. The number of amides is 2. The molecule has 1 aromatic heterocycles. The summed E-state index contributed by atoms with van der Waals surface area (Å²) in [5, 5.41) is 0.501. The number of carbonyl (C=O) groups is 3. The quantitative estimate of drug-likeness (QED) is 0.270. The van der Waals surface area contributed by atoms with Crippen LogP contribution in [0.25, 0.3) is 0 Å². The van der Waals surface area contributed by atoms with Crippen molar-refractivity contribution in [3.63, 3.8) is 0 Å². The number of esters is 1. The zero-order chi connectivity index (χ0) is 24.9. The molecule has 12 nitrogen and oxygen atoms in total. The van der Waals surface area contributed by atoms with Gasteiger partial charge < -0.3 is 4.74 Å². The summed E-state index contributed by atoms with van der Waals surface area (Å²) in [6.07, 6.45) is 0. The number of aryl methyl sites for hydroxylation is 2. The molecular weight excluding hydrogens is 454 g/mol. The Balaban J connectivity index is 2.86. The van der Waals surface area contributed by atoms with E-state index in [0.717, 1.165) is 34.1 Å². The van der Waals surface area contributed by atoms with Gasteiger partial charge in [-0.05, 0) is 32.0 Å². The van der Waals surface area contributed by atoms with Crippen molar-refractivity contribution < 1.29 is 32.4 Å². The van der Waals surface area contributed by atoms with Crippen LogP contribution in [-0.2, 0) is 29.2 Å². The van der Waals surface area contributed by atoms with Crippen molar-refractivity contribution in [1.82, 2.24) is 19.3 Å². The first kappa shape index (κ1) is 25.5. The summed E-state index contributed by atoms with van der Waals surface area (Å²) in [6, 6.07) is 6.79. The van der Waals surface area contributed by atoms with E-state index in [1.807, 2.05) is 0 Å². The lowest BCUT2D eigenvalue weighted by atomic mass is 10.2. The van der Waals surface area contributed by atoms with Gasteiger partial charge >= 0.3 is 5.97 Å². The van der Waals surface area contributed by atoms with Crippen molar-refractivity contribution >= 4 is 39.7 Å². The topological polar surface area (TPSA) is 148 Å². The molecule has 0 radical (unpaired) electrons. The molecule has 0 saturated carbocycles. The Morgan fingerprint density at radius 2 is 1.55 bits per heavy atom. The summed E-state index contributed by atoms with van der Waals surface area (Å²) in [6.45, 7) is 5.36. The molecule has 13 heteroatoms. The zero-order valence-corrected chi connectivity index (χ0v) is 19.7. The third kappa shape index (κ3) is 5.56. The van der Waals surface area contributed by atoms with E-state index in [0.29, 0.717) is 16.5 Å². The molecule has 0 bridgehead atoms. The second-order valence-corrected chi connectivity index (χ2v) is 8.39. The number of nitrogens with zero attached hydrogens (tertiary/aromatic N) is 5. The number of carbonyl (C=O) groups excluding carboxylic acids is 3. The molecule has 0 aliphatic rings. The maximum atomic E-state index is 13.6. The highest BCUT2D eigenvalue weighted by molar-refractivity contribution is 7.90. The third-order valence-electron chi connectivity index (χ3n) is 4.10. The van der Waals surface area contributed by atoms with E-state index in [1.54, 1.807) is 19.9 Å². The van der Waals surface area contributed by atoms with E-state index in [-0.39, 0.29) is 15.8 Å². The largest absolute Gasteiger partial charge is 0.465 e. The Morgan fingerprint density at radius 1 is 0.970 bits per heavy atom. The molecule has 0 spiro atoms. The number of guanidine groups is 1. The van der Waals surface area contributed by atoms with E-state index < -0.39 is 38.7 Å². The highest BCUT2D eigenvalue weighted by Gasteiger charge is 2.39. The van der Waals surface area contributed by atoms with Crippen LogP contribution < -0.4 is 0 Å². The van der Waals surface area contributed by atoms with Crippen molar-refractivity contribution in [2.24, 2.45) is 4.99 Å². The molecule has 0 aliphatic carbocycles. The number of hydrogen-bond donors (Lipinski definition) is 0. The first-order chi connectivity index (χ1) is 15.4. The number of rotatable bonds is 5. The minimum atomic E-state index is -4.79. The van der Waals surface area contributed by atoms with Gasteiger partial charge in [-0.15, -0.1) is 0 Å². The number of aromatic nitrogens is 2. The average Bonchev–Trinajstić information content (AvgIpc) is 2.72. The fourth-order valence-electron chi connectivity index (χ4n) is 2.86. The third-order valence-corrected chi connectivity index (χ3v) is 5.91. The maximum absolute atomic E-state index is 13.6. The zero-order valence-electron chi connectivity index (χ0n) is 18.9. The van der Waals surface area contributed by atoms with Crippen LogP contribution in [0.3, 0.4) is 0 Å². The molecule has 0 unspecified atom stereocenters. The smallest absolute Gasteiger partial charge is 0.339 e. The molecule has 176 valence electrons. The molecule has 2 amide bonds. The van der Waals surface area contributed by atoms with Gasteiger partial charge in [0.2, 0.25) is 5.91 Å². The van der Waals surface area contributed by atoms with Gasteiger partial charge in [0.1, 0.15) is 4.90 Å². The summed E-state index contributed by atoms with van der Waals surface area (Å²) in [4.78, 5) is 53.8. The van der Waals surface area contributed by atoms with Gasteiger partial charge in [-0.1, -0.05) is 12.1 Å². The maximum Gasteiger partial charge on any atom is 0.339 e. The summed E-state index contributed by atoms with van der Waals surface area (Å²) in [5.41, 5.74) is 0.710. The Hall–Kier alpha value is -3.71. The van der Waals surface area contributed by atoms with Crippen molar-refractivity contribution in [3.8, 4) is 0 Å². The Kier molecular flexibility index (Phi) is 7.95. The second kappa shape index (κ2) is 10.3. The van der Waals surface area contributed by atoms with Gasteiger partial charge in [0.05, 0.1) is 19.8 Å². The molecule has 0 aliphatic heterocycles. The van der Waals surface area contributed by atoms with Crippen molar-refractivity contribution in [2.75, 3.05) is 14.2 Å². The molecule has 0 saturated heterocycles. The van der Waals surface area contributed by atoms with Gasteiger partial charge in [-0.2, -0.15) is 14.4 Å². The lowest BCUT2D eigenvalue weighted by molar-refractivity contribution is -0.155. The second-order valence-electron chi connectivity index (χ2n) is 6.63. The molecule has 0 N–H and O–H groups in total. The minimum Gasteiger partial charge on any atom is -0.465 e. The van der Waals surface area contributed by atoms with Gasteiger partial charge in [-0.3, -0.25) is 14.4 Å². The summed E-state index contributed by atoms with van der Waals surface area (Å²) in [7, 11) is -2.62. The summed E-state index contributed by atoms with van der Waals surface area (Å²) in [5.74, 6) is -3.72. The van der Waals surface area contributed by atoms with E-state index in [4.69, 9.17) is 4.84 Å². The van der Waals surface area contributed by atoms with E-state index in [9.17, 15) is 22.8 Å². The Bertz CT molecular complexity index is 1210. The predicted molar refractivity (Wildman–Crippen MR) is 116 cm³/mol. The molecule has 1 aromatic carbocycles. The van der Waals surface area contributed by atoms with Crippen molar-refractivity contribution in [3.05, 3.63) is 47.3 Å². The first-order valence-corrected chi connectivity index (χ1v) is 10.9. The predicted octanol–water partition coefficient (Wildman–Crippen LogP) is 1.51. The van der Waals surface area contributed by atoms with Gasteiger partial charge in [0, 0.05) is 25.2 Å². The van der Waals surface area contributed by atoms with Crippen LogP contribution in [0.1, 0.15) is 35.6 Å². The molecular formula is C20H23N5O7S. The summed E-state index contributed by atoms with van der Waals surface area (Å²) < 4.78 is 32.1. The highest BCUT2D eigenvalue weighted by Crippen LogP contribution is 2.24. The van der Waals surface area contributed by atoms with E-state index >= 15 is 0 Å². The minimum absolute atomic E-state index is 0.214. The van der Waals surface area contributed by atoms with Crippen LogP contribution >= 0.6 is 0 Å². The van der Waals surface area contributed by atoms with Gasteiger partial charge in [0.25, 0.3) is 27.8 Å². The van der Waals surface area contributed by atoms with Crippen LogP contribution in [0.2, 0.25) is 0 Å². The number of hydrogen-bond acceptors (Lipinski definition) is 10. The summed E-state index contributed by atoms with van der Waals surface area (Å²) >= 11 is 0. The number of aliphatic imine (C=N–C) groups is 1. The monoisotopic (exact) mass is 477 g/mol. The standard InChI is InChI=1S/C20H23N5O7S/c1-12-11-13(2)22-19(21-12)23-20(24(32-6)14(3)26)25(15(4)27)33(29,30)17-10-8-7-9-16(17)18(28)31-5/h7-11H,1-6H3. The van der Waals surface area contributed by atoms with Gasteiger partial charge in [-0.25, -0.2) is 23.2 Å². The van der Waals surface area contributed by atoms with Crippen LogP contribution in [0.15, 0.2) is 40.2 Å². The molecule has 2 rings (SSSR count). The lowest BCUT2D eigenvalue weighted by Gasteiger charge is -2.28. The average molecular weight is 477 g/mol. The van der Waals surface area contributed by atoms with Crippen molar-refractivity contribution in [2.45, 2.75) is 32.6 Å². The number of benzene rings is 1. The molecule has 2 aromatic rings. The Labute approximate surface area is 190 Å². The van der Waals surface area contributed by atoms with Crippen LogP contribution in [0.4, 0.5) is 5.95 Å².